The fraction of sp³-hybridized carbons (Fsp3) is 0.600. The molecule has 67 heavy (non-hydrogen) atoms. The van der Waals surface area contributed by atoms with E-state index in [2.05, 4.69) is 27.8 Å². The zero-order valence-electron chi connectivity index (χ0n) is 40.4. The van der Waals surface area contributed by atoms with Crippen molar-refractivity contribution in [2.75, 3.05) is 34.9 Å². The van der Waals surface area contributed by atoms with E-state index in [0.717, 1.165) is 35.6 Å². The smallest absolute Gasteiger partial charge is 0.333 e. The number of carbonyl (C=O) groups excluding carboxylic acids is 10. The minimum Gasteiger partial charge on any atom is -0.461 e. The number of methoxy groups -OCH3 is 1. The number of nitrogens with one attached hydrogen (secondary N) is 4. The summed E-state index contributed by atoms with van der Waals surface area (Å²) >= 11 is 0. The van der Waals surface area contributed by atoms with E-state index in [-0.39, 0.29) is 6.42 Å². The Kier molecular flexibility index (Phi) is 21.6. The molecule has 1 aromatic carbocycles. The molecule has 0 unspecified atom stereocenters. The molecule has 0 saturated carbocycles. The molecular formula is C45H67N7O15. The fourth-order valence-corrected chi connectivity index (χ4v) is 6.80. The first-order valence-corrected chi connectivity index (χ1v) is 21.6. The lowest BCUT2D eigenvalue weighted by atomic mass is 9.95. The van der Waals surface area contributed by atoms with Crippen molar-refractivity contribution >= 4 is 59.3 Å². The number of amides is 7. The average Bonchev–Trinajstić information content (AvgIpc) is 3.27. The van der Waals surface area contributed by atoms with Gasteiger partial charge in [-0.3, -0.25) is 33.6 Å². The third-order valence-electron chi connectivity index (χ3n) is 11.1. The summed E-state index contributed by atoms with van der Waals surface area (Å²) in [6.07, 6.45) is -6.08. The third-order valence-corrected chi connectivity index (χ3v) is 11.1. The minimum absolute atomic E-state index is 0.225. The number of rotatable bonds is 12. The molecule has 0 radical (unpaired) electrons. The van der Waals surface area contributed by atoms with Crippen LogP contribution in [0.25, 0.3) is 0 Å². The largest absolute Gasteiger partial charge is 0.461 e. The van der Waals surface area contributed by atoms with Crippen molar-refractivity contribution in [3.05, 3.63) is 48.2 Å². The van der Waals surface area contributed by atoms with E-state index in [1.54, 1.807) is 58.0 Å². The van der Waals surface area contributed by atoms with E-state index in [0.29, 0.717) is 5.56 Å². The Balaban J connectivity index is 2.85. The van der Waals surface area contributed by atoms with Gasteiger partial charge in [-0.1, -0.05) is 64.6 Å². The van der Waals surface area contributed by atoms with Crippen LogP contribution in [-0.4, -0.2) is 175 Å². The van der Waals surface area contributed by atoms with Gasteiger partial charge in [0.15, 0.2) is 24.2 Å². The van der Waals surface area contributed by atoms with E-state index in [9.17, 15) is 53.1 Å². The van der Waals surface area contributed by atoms with Crippen LogP contribution in [0.1, 0.15) is 67.9 Å². The van der Waals surface area contributed by atoms with Crippen molar-refractivity contribution in [1.29, 1.82) is 0 Å². The molecule has 0 spiro atoms. The van der Waals surface area contributed by atoms with Crippen molar-refractivity contribution in [2.45, 2.75) is 129 Å². The standard InChI is InChI=1S/C45H67N7O15/c1-22(2)36(55)33(48-29(10)54)44(62)67-37(23(3)4)34-42(60)52(13)35(27(8)64-14)45(63)65-21-31(47-28(9)53)43(61)66-32(20-30-18-16-15-17-19-30)41(59)51(12)25(6)38(56)46-24(5)40(58)50(11)26(7)39(57)49-34/h15-19,22-24,26-27,31-37,55H,6,20-21H2,1-5,7-14H3,(H,46,56)(H,47,53)(H,48,54)(H,49,57)/t24-,26-,27+,31-,32+,33-,34-,35-,36+,37+/m0/s1. The molecule has 1 fully saturated rings. The zero-order valence-corrected chi connectivity index (χ0v) is 40.4. The molecule has 22 nitrogen and oxygen atoms in total. The van der Waals surface area contributed by atoms with E-state index in [4.69, 9.17) is 18.9 Å². The Bertz CT molecular complexity index is 2000. The summed E-state index contributed by atoms with van der Waals surface area (Å²) in [5.41, 5.74) is 0.0560. The molecule has 0 aliphatic carbocycles. The number of cyclic esters (lactones) is 2. The maximum atomic E-state index is 14.8. The van der Waals surface area contributed by atoms with E-state index >= 15 is 0 Å². The van der Waals surface area contributed by atoms with Crippen LogP contribution in [0, 0.1) is 11.8 Å². The highest BCUT2D eigenvalue weighted by Gasteiger charge is 2.45. The van der Waals surface area contributed by atoms with E-state index in [1.807, 2.05) is 0 Å². The highest BCUT2D eigenvalue weighted by Crippen LogP contribution is 2.21. The lowest BCUT2D eigenvalue weighted by Gasteiger charge is -2.38. The Hall–Kier alpha value is -6.42. The van der Waals surface area contributed by atoms with Gasteiger partial charge in [0.05, 0.1) is 12.2 Å². The van der Waals surface area contributed by atoms with E-state index < -0.39 is 144 Å². The van der Waals surface area contributed by atoms with Gasteiger partial charge in [-0.2, -0.15) is 0 Å². The van der Waals surface area contributed by atoms with Crippen LogP contribution in [0.2, 0.25) is 0 Å². The number of ether oxygens (including phenoxy) is 4. The van der Waals surface area contributed by atoms with Crippen LogP contribution in [0.3, 0.4) is 0 Å². The van der Waals surface area contributed by atoms with Crippen molar-refractivity contribution in [3.63, 3.8) is 0 Å². The van der Waals surface area contributed by atoms with Gasteiger partial charge in [0.25, 0.3) is 11.8 Å². The summed E-state index contributed by atoms with van der Waals surface area (Å²) < 4.78 is 22.5. The number of benzene rings is 1. The van der Waals surface area contributed by atoms with Gasteiger partial charge in [0.2, 0.25) is 29.5 Å². The van der Waals surface area contributed by atoms with Crippen LogP contribution in [0.4, 0.5) is 0 Å². The fourth-order valence-electron chi connectivity index (χ4n) is 6.80. The number of aliphatic hydroxyl groups excluding tert-OH is 1. The summed E-state index contributed by atoms with van der Waals surface area (Å²) in [7, 11) is 4.82. The summed E-state index contributed by atoms with van der Waals surface area (Å²) in [6, 6.07) is -1.26. The lowest BCUT2D eigenvalue weighted by molar-refractivity contribution is -0.170. The minimum atomic E-state index is -1.85. The Morgan fingerprint density at radius 3 is 1.97 bits per heavy atom. The normalized spacial score (nSPS) is 24.3. The highest BCUT2D eigenvalue weighted by molar-refractivity contribution is 6.01. The number of hydrogen-bond donors (Lipinski definition) is 5. The quantitative estimate of drug-likeness (QED) is 0.0951. The molecule has 7 amide bonds. The summed E-state index contributed by atoms with van der Waals surface area (Å²) in [4.78, 5) is 139. The Morgan fingerprint density at radius 1 is 0.851 bits per heavy atom. The number of hydrogen-bond acceptors (Lipinski definition) is 15. The van der Waals surface area contributed by atoms with Crippen molar-refractivity contribution in [2.24, 2.45) is 11.8 Å². The number of aliphatic hydroxyl groups is 1. The second-order valence-corrected chi connectivity index (χ2v) is 17.0. The predicted octanol–water partition coefficient (Wildman–Crippen LogP) is -1.04. The Morgan fingerprint density at radius 2 is 1.45 bits per heavy atom. The molecule has 5 N–H and O–H groups in total. The van der Waals surface area contributed by atoms with E-state index in [1.165, 1.54) is 42.0 Å². The monoisotopic (exact) mass is 945 g/mol. The van der Waals surface area contributed by atoms with Gasteiger partial charge in [-0.25, -0.2) is 14.4 Å². The maximum Gasteiger partial charge on any atom is 0.333 e. The van der Waals surface area contributed by atoms with Crippen LogP contribution in [0.15, 0.2) is 42.6 Å². The van der Waals surface area contributed by atoms with Crippen LogP contribution < -0.4 is 21.3 Å². The predicted molar refractivity (Wildman–Crippen MR) is 238 cm³/mol. The molecule has 1 aromatic rings. The molecule has 1 saturated heterocycles. The zero-order chi connectivity index (χ0) is 51.2. The van der Waals surface area contributed by atoms with Gasteiger partial charge in [0.1, 0.15) is 36.5 Å². The molecule has 1 aliphatic rings. The van der Waals surface area contributed by atoms with Crippen molar-refractivity contribution in [1.82, 2.24) is 36.0 Å². The molecule has 10 atom stereocenters. The third kappa shape index (κ3) is 15.6. The topological polar surface area (TPSA) is 286 Å². The van der Waals surface area contributed by atoms with Crippen LogP contribution in [0.5, 0.6) is 0 Å². The molecule has 1 aliphatic heterocycles. The number of nitrogens with zero attached hydrogens (tertiary/aromatic N) is 3. The number of likely N-dealkylation sites (N-methyl/N-ethyl adjacent to an activating group) is 3. The number of carbonyl (C=O) groups is 10. The van der Waals surface area contributed by atoms with Gasteiger partial charge >= 0.3 is 17.9 Å². The van der Waals surface area contributed by atoms with Crippen molar-refractivity contribution in [3.8, 4) is 0 Å². The maximum absolute atomic E-state index is 14.8. The summed E-state index contributed by atoms with van der Waals surface area (Å²) in [5, 5.41) is 20.6. The van der Waals surface area contributed by atoms with Crippen LogP contribution >= 0.6 is 0 Å². The molecule has 22 heteroatoms. The van der Waals surface area contributed by atoms with Crippen LogP contribution in [-0.2, 0) is 73.3 Å². The first kappa shape index (κ1) is 56.7. The van der Waals surface area contributed by atoms with Gasteiger partial charge in [-0.05, 0) is 38.2 Å². The van der Waals surface area contributed by atoms with Gasteiger partial charge < -0.3 is 60.0 Å². The molecular weight excluding hydrogens is 879 g/mol. The number of esters is 3. The lowest BCUT2D eigenvalue weighted by Crippen LogP contribution is -2.63. The second kappa shape index (κ2) is 25.5. The highest BCUT2D eigenvalue weighted by atomic mass is 16.6. The second-order valence-electron chi connectivity index (χ2n) is 17.0. The van der Waals surface area contributed by atoms with Crippen molar-refractivity contribution < 1.29 is 72.0 Å². The Labute approximate surface area is 390 Å². The van der Waals surface area contributed by atoms with Gasteiger partial charge in [0, 0.05) is 48.5 Å². The molecule has 1 heterocycles. The SMILES string of the molecule is C=C1C(=O)N[C@@H](C)C(=O)N(C)[C@@H](C)C(=O)N[C@@H]([C@H](OC(=O)[C@@H](NC(C)=O)[C@H](O)C(C)C)C(C)C)C(=O)N(C)[C@@H]([C@@H](C)OC)C(=O)OC[C@H](NC(C)=O)C(=O)O[C@H](Cc2ccccc2)C(=O)N1C. The summed E-state index contributed by atoms with van der Waals surface area (Å²) in [5.74, 6) is -11.2. The average molecular weight is 946 g/mol. The molecule has 0 bridgehead atoms. The first-order valence-electron chi connectivity index (χ1n) is 21.6. The first-order chi connectivity index (χ1) is 31.2. The summed E-state index contributed by atoms with van der Waals surface area (Å²) in [6.45, 7) is 15.3. The molecule has 0 aromatic heterocycles. The van der Waals surface area contributed by atoms with Gasteiger partial charge in [-0.15, -0.1) is 0 Å². The molecule has 372 valence electrons. The molecule has 2 rings (SSSR count).